The molecule has 0 unspecified atom stereocenters. The Balaban J connectivity index is 1.89. The third-order valence-corrected chi connectivity index (χ3v) is 4.31. The van der Waals surface area contributed by atoms with Gasteiger partial charge in [0.2, 0.25) is 0 Å². The van der Waals surface area contributed by atoms with Crippen LogP contribution in [0.5, 0.6) is 0 Å². The molecule has 2 aliphatic carbocycles. The van der Waals surface area contributed by atoms with Crippen molar-refractivity contribution in [3.05, 3.63) is 22.9 Å². The minimum Gasteiger partial charge on any atom is -0.356 e. The molecule has 0 aliphatic heterocycles. The van der Waals surface area contributed by atoms with Crippen molar-refractivity contribution in [3.63, 3.8) is 0 Å². The van der Waals surface area contributed by atoms with Crippen LogP contribution >= 0.6 is 0 Å². The van der Waals surface area contributed by atoms with Crippen molar-refractivity contribution in [2.45, 2.75) is 46.1 Å². The summed E-state index contributed by atoms with van der Waals surface area (Å²) in [6, 6.07) is 2.15. The lowest BCUT2D eigenvalue weighted by Gasteiger charge is -2.27. The first-order valence-corrected chi connectivity index (χ1v) is 7.59. The monoisotopic (exact) mass is 259 g/mol. The fourth-order valence-corrected chi connectivity index (χ4v) is 2.83. The summed E-state index contributed by atoms with van der Waals surface area (Å²) in [7, 11) is 0. The van der Waals surface area contributed by atoms with Gasteiger partial charge in [-0.15, -0.1) is 0 Å². The molecule has 3 nitrogen and oxygen atoms in total. The Morgan fingerprint density at radius 2 is 1.74 bits per heavy atom. The van der Waals surface area contributed by atoms with E-state index in [-0.39, 0.29) is 0 Å². The first-order chi connectivity index (χ1) is 9.17. The number of nitrogens with two attached hydrogens (primary N) is 1. The maximum absolute atomic E-state index is 5.97. The van der Waals surface area contributed by atoms with Crippen molar-refractivity contribution >= 4 is 5.82 Å². The highest BCUT2D eigenvalue weighted by molar-refractivity contribution is 5.52. The van der Waals surface area contributed by atoms with Crippen LogP contribution in [0.1, 0.15) is 42.5 Å². The predicted molar refractivity (Wildman–Crippen MR) is 79.3 cm³/mol. The van der Waals surface area contributed by atoms with Crippen LogP contribution in [0.4, 0.5) is 5.82 Å². The molecule has 1 heterocycles. The van der Waals surface area contributed by atoms with E-state index in [1.807, 2.05) is 0 Å². The standard InChI is InChI=1S/C16H25N3/c1-11-7-12(2)18-16(15(11)8-17)19(9-13-3-4-13)10-14-5-6-14/h7,13-14H,3-6,8-10,17H2,1-2H3. The van der Waals surface area contributed by atoms with Gasteiger partial charge in [0.05, 0.1) is 0 Å². The van der Waals surface area contributed by atoms with E-state index in [9.17, 15) is 0 Å². The normalized spacial score (nSPS) is 18.7. The summed E-state index contributed by atoms with van der Waals surface area (Å²) in [6.45, 7) is 7.20. The van der Waals surface area contributed by atoms with Crippen LogP contribution in [0.25, 0.3) is 0 Å². The van der Waals surface area contributed by atoms with Gasteiger partial charge in [-0.25, -0.2) is 4.98 Å². The van der Waals surface area contributed by atoms with Crippen LogP contribution in [-0.4, -0.2) is 18.1 Å². The zero-order chi connectivity index (χ0) is 13.4. The van der Waals surface area contributed by atoms with E-state index in [4.69, 9.17) is 10.7 Å². The smallest absolute Gasteiger partial charge is 0.133 e. The average molecular weight is 259 g/mol. The van der Waals surface area contributed by atoms with E-state index >= 15 is 0 Å². The Labute approximate surface area is 116 Å². The zero-order valence-electron chi connectivity index (χ0n) is 12.2. The van der Waals surface area contributed by atoms with E-state index in [2.05, 4.69) is 24.8 Å². The molecule has 2 fully saturated rings. The van der Waals surface area contributed by atoms with Gasteiger partial charge in [0.15, 0.2) is 0 Å². The highest BCUT2D eigenvalue weighted by atomic mass is 15.2. The van der Waals surface area contributed by atoms with Gasteiger partial charge in [0.25, 0.3) is 0 Å². The number of hydrogen-bond donors (Lipinski definition) is 1. The largest absolute Gasteiger partial charge is 0.356 e. The van der Waals surface area contributed by atoms with E-state index in [1.54, 1.807) is 0 Å². The molecule has 0 amide bonds. The molecule has 0 saturated heterocycles. The van der Waals surface area contributed by atoms with Crippen molar-refractivity contribution in [3.8, 4) is 0 Å². The molecule has 0 bridgehead atoms. The van der Waals surface area contributed by atoms with Crippen molar-refractivity contribution in [1.82, 2.24) is 4.98 Å². The first kappa shape index (κ1) is 12.9. The van der Waals surface area contributed by atoms with E-state index in [1.165, 1.54) is 55.7 Å². The lowest BCUT2D eigenvalue weighted by atomic mass is 10.1. The predicted octanol–water partition coefficient (Wildman–Crippen LogP) is 2.78. The Morgan fingerprint density at radius 3 is 2.21 bits per heavy atom. The van der Waals surface area contributed by atoms with Gasteiger partial charge in [0.1, 0.15) is 5.82 Å². The molecule has 2 saturated carbocycles. The van der Waals surface area contributed by atoms with Gasteiger partial charge in [-0.05, 0) is 63.0 Å². The Hall–Kier alpha value is -1.09. The molecule has 3 rings (SSSR count). The van der Waals surface area contributed by atoms with E-state index in [0.29, 0.717) is 6.54 Å². The molecule has 0 atom stereocenters. The minimum absolute atomic E-state index is 0.598. The maximum atomic E-state index is 5.97. The fraction of sp³-hybridized carbons (Fsp3) is 0.688. The summed E-state index contributed by atoms with van der Waals surface area (Å²) in [6.07, 6.45) is 5.57. The Bertz CT molecular complexity index is 447. The third kappa shape index (κ3) is 3.08. The quantitative estimate of drug-likeness (QED) is 0.854. The molecular formula is C16H25N3. The Morgan fingerprint density at radius 1 is 1.16 bits per heavy atom. The minimum atomic E-state index is 0.598. The van der Waals surface area contributed by atoms with Crippen molar-refractivity contribution < 1.29 is 0 Å². The van der Waals surface area contributed by atoms with Gasteiger partial charge >= 0.3 is 0 Å². The summed E-state index contributed by atoms with van der Waals surface area (Å²) in [5.74, 6) is 2.96. The number of pyridine rings is 1. The molecular weight excluding hydrogens is 234 g/mol. The number of rotatable bonds is 6. The topological polar surface area (TPSA) is 42.1 Å². The second-order valence-corrected chi connectivity index (χ2v) is 6.38. The Kier molecular flexibility index (Phi) is 3.48. The number of aromatic nitrogens is 1. The molecule has 3 heteroatoms. The van der Waals surface area contributed by atoms with Gasteiger partial charge < -0.3 is 10.6 Å². The first-order valence-electron chi connectivity index (χ1n) is 7.59. The number of aryl methyl sites for hydroxylation is 2. The molecule has 0 radical (unpaired) electrons. The van der Waals surface area contributed by atoms with Crippen molar-refractivity contribution in [2.24, 2.45) is 17.6 Å². The zero-order valence-corrected chi connectivity index (χ0v) is 12.2. The van der Waals surface area contributed by atoms with Crippen LogP contribution in [0.15, 0.2) is 6.07 Å². The van der Waals surface area contributed by atoms with Crippen LogP contribution in [0.3, 0.4) is 0 Å². The summed E-state index contributed by atoms with van der Waals surface area (Å²) in [4.78, 5) is 7.34. The highest BCUT2D eigenvalue weighted by Gasteiger charge is 2.30. The van der Waals surface area contributed by atoms with Crippen LogP contribution < -0.4 is 10.6 Å². The second-order valence-electron chi connectivity index (χ2n) is 6.38. The van der Waals surface area contributed by atoms with E-state index < -0.39 is 0 Å². The lowest BCUT2D eigenvalue weighted by Crippen LogP contribution is -2.30. The van der Waals surface area contributed by atoms with Gasteiger partial charge in [-0.3, -0.25) is 0 Å². The molecule has 19 heavy (non-hydrogen) atoms. The van der Waals surface area contributed by atoms with Crippen LogP contribution in [-0.2, 0) is 6.54 Å². The van der Waals surface area contributed by atoms with Crippen molar-refractivity contribution in [1.29, 1.82) is 0 Å². The second kappa shape index (κ2) is 5.12. The molecule has 104 valence electrons. The number of hydrogen-bond acceptors (Lipinski definition) is 3. The molecule has 1 aromatic rings. The van der Waals surface area contributed by atoms with Crippen molar-refractivity contribution in [2.75, 3.05) is 18.0 Å². The fourth-order valence-electron chi connectivity index (χ4n) is 2.83. The number of nitrogens with zero attached hydrogens (tertiary/aromatic N) is 2. The van der Waals surface area contributed by atoms with Crippen LogP contribution in [0.2, 0.25) is 0 Å². The number of anilines is 1. The lowest BCUT2D eigenvalue weighted by molar-refractivity contribution is 0.666. The average Bonchev–Trinajstić information content (AvgIpc) is 3.22. The summed E-state index contributed by atoms with van der Waals surface area (Å²) < 4.78 is 0. The van der Waals surface area contributed by atoms with Gasteiger partial charge in [-0.1, -0.05) is 0 Å². The molecule has 2 N–H and O–H groups in total. The highest BCUT2D eigenvalue weighted by Crippen LogP contribution is 2.36. The molecule has 1 aromatic heterocycles. The third-order valence-electron chi connectivity index (χ3n) is 4.31. The summed E-state index contributed by atoms with van der Waals surface area (Å²) in [5, 5.41) is 0. The maximum Gasteiger partial charge on any atom is 0.133 e. The molecule has 0 aromatic carbocycles. The summed E-state index contributed by atoms with van der Waals surface area (Å²) in [5.41, 5.74) is 9.61. The molecule has 0 spiro atoms. The van der Waals surface area contributed by atoms with Crippen LogP contribution in [0, 0.1) is 25.7 Å². The van der Waals surface area contributed by atoms with E-state index in [0.717, 1.165) is 17.5 Å². The summed E-state index contributed by atoms with van der Waals surface area (Å²) >= 11 is 0. The SMILES string of the molecule is Cc1cc(C)c(CN)c(N(CC2CC2)CC2CC2)n1. The molecule has 2 aliphatic rings. The van der Waals surface area contributed by atoms with Gasteiger partial charge in [0, 0.05) is 30.9 Å². The van der Waals surface area contributed by atoms with Gasteiger partial charge in [-0.2, -0.15) is 0 Å².